The zero-order valence-corrected chi connectivity index (χ0v) is 17.9. The summed E-state index contributed by atoms with van der Waals surface area (Å²) in [6, 6.07) is 0. The highest BCUT2D eigenvalue weighted by molar-refractivity contribution is 7.86. The van der Waals surface area contributed by atoms with Crippen LogP contribution in [-0.4, -0.2) is 51.3 Å². The van der Waals surface area contributed by atoms with Crippen LogP contribution >= 0.6 is 0 Å². The second-order valence-electron chi connectivity index (χ2n) is 9.18. The molecule has 0 unspecified atom stereocenters. The van der Waals surface area contributed by atoms with E-state index in [1.807, 2.05) is 20.8 Å². The molecule has 1 heterocycles. The van der Waals surface area contributed by atoms with Gasteiger partial charge in [0.25, 0.3) is 10.1 Å². The first-order valence-corrected chi connectivity index (χ1v) is 11.8. The Morgan fingerprint density at radius 2 is 2.00 bits per heavy atom. The van der Waals surface area contributed by atoms with Gasteiger partial charge in [0, 0.05) is 19.4 Å². The number of hydrogen-bond acceptors (Lipinski definition) is 7. The lowest BCUT2D eigenvalue weighted by Gasteiger charge is -2.36. The van der Waals surface area contributed by atoms with Gasteiger partial charge in [-0.1, -0.05) is 20.8 Å². The van der Waals surface area contributed by atoms with E-state index in [0.29, 0.717) is 38.7 Å². The number of esters is 1. The van der Waals surface area contributed by atoms with E-state index >= 15 is 0 Å². The molecule has 7 nitrogen and oxygen atoms in total. The Balaban J connectivity index is 1.65. The van der Waals surface area contributed by atoms with Crippen molar-refractivity contribution in [2.24, 2.45) is 16.7 Å². The summed E-state index contributed by atoms with van der Waals surface area (Å²) in [7, 11) is -3.93. The number of ether oxygens (including phenoxy) is 2. The molecule has 28 heavy (non-hydrogen) atoms. The van der Waals surface area contributed by atoms with Crippen LogP contribution in [-0.2, 0) is 33.4 Å². The molecule has 2 aliphatic carbocycles. The molecule has 0 aromatic carbocycles. The molecule has 2 bridgehead atoms. The van der Waals surface area contributed by atoms with Crippen LogP contribution in [0.15, 0.2) is 0 Å². The second-order valence-corrected chi connectivity index (χ2v) is 10.8. The largest absolute Gasteiger partial charge is 0.463 e. The molecule has 2 saturated carbocycles. The average molecular weight is 417 g/mol. The van der Waals surface area contributed by atoms with E-state index < -0.39 is 21.1 Å². The SMILES string of the molecule is CCCC(=O)OC[C@]1(COS(=O)(=O)C[C@]23CC[C@H](CC2=O)C3(C)C)CCCO1. The fourth-order valence-corrected chi connectivity index (χ4v) is 6.92. The van der Waals surface area contributed by atoms with Gasteiger partial charge in [-0.25, -0.2) is 0 Å². The normalized spacial score (nSPS) is 34.1. The summed E-state index contributed by atoms with van der Waals surface area (Å²) in [5.41, 5.74) is -2.12. The lowest BCUT2D eigenvalue weighted by atomic mass is 9.70. The van der Waals surface area contributed by atoms with Gasteiger partial charge >= 0.3 is 5.97 Å². The fourth-order valence-electron chi connectivity index (χ4n) is 5.16. The van der Waals surface area contributed by atoms with Crippen molar-refractivity contribution in [1.29, 1.82) is 0 Å². The van der Waals surface area contributed by atoms with E-state index in [1.54, 1.807) is 0 Å². The third-order valence-corrected chi connectivity index (χ3v) is 8.52. The Kier molecular flexibility index (Phi) is 5.96. The van der Waals surface area contributed by atoms with Gasteiger partial charge in [0.15, 0.2) is 0 Å². The molecule has 8 heteroatoms. The molecule has 0 aromatic rings. The van der Waals surface area contributed by atoms with Crippen LogP contribution in [0, 0.1) is 16.7 Å². The smallest absolute Gasteiger partial charge is 0.305 e. The maximum Gasteiger partial charge on any atom is 0.305 e. The Labute approximate surface area is 167 Å². The Morgan fingerprint density at radius 1 is 1.25 bits per heavy atom. The van der Waals surface area contributed by atoms with Crippen molar-refractivity contribution in [3.63, 3.8) is 0 Å². The van der Waals surface area contributed by atoms with Gasteiger partial charge in [-0.3, -0.25) is 13.8 Å². The summed E-state index contributed by atoms with van der Waals surface area (Å²) in [6.07, 6.45) is 4.27. The minimum atomic E-state index is -3.93. The molecule has 3 aliphatic rings. The Morgan fingerprint density at radius 3 is 2.54 bits per heavy atom. The molecular formula is C20H32O7S. The van der Waals surface area contributed by atoms with E-state index in [-0.39, 0.29) is 42.1 Å². The molecule has 160 valence electrons. The zero-order chi connectivity index (χ0) is 20.6. The molecule has 0 amide bonds. The maximum absolute atomic E-state index is 12.8. The average Bonchev–Trinajstić information content (AvgIpc) is 3.22. The van der Waals surface area contributed by atoms with Crippen LogP contribution in [0.4, 0.5) is 0 Å². The number of Topliss-reactive ketones (excluding diaryl/α,β-unsaturated/α-hetero) is 1. The standard InChI is InChI=1S/C20H32O7S/c1-4-6-17(22)25-12-19(8-5-10-26-19)13-27-28(23,24)14-20-9-7-15(11-16(20)21)18(20,2)3/h15H,4-14H2,1-3H3/t15-,19+,20-/m1/s1. The van der Waals surface area contributed by atoms with Gasteiger partial charge in [0.2, 0.25) is 0 Å². The van der Waals surface area contributed by atoms with Gasteiger partial charge in [0.1, 0.15) is 18.0 Å². The number of fused-ring (bicyclic) bond motifs is 2. The summed E-state index contributed by atoms with van der Waals surface area (Å²) < 4.78 is 42.0. The van der Waals surface area contributed by atoms with Crippen LogP contribution < -0.4 is 0 Å². The summed E-state index contributed by atoms with van der Waals surface area (Å²) >= 11 is 0. The molecule has 3 atom stereocenters. The summed E-state index contributed by atoms with van der Waals surface area (Å²) in [5, 5.41) is 0. The molecule has 0 spiro atoms. The predicted octanol–water partition coefficient (Wildman–Crippen LogP) is 2.62. The van der Waals surface area contributed by atoms with Crippen molar-refractivity contribution in [1.82, 2.24) is 0 Å². The van der Waals surface area contributed by atoms with E-state index in [1.165, 1.54) is 0 Å². The highest BCUT2D eigenvalue weighted by Crippen LogP contribution is 2.64. The lowest BCUT2D eigenvalue weighted by molar-refractivity contribution is -0.154. The van der Waals surface area contributed by atoms with Gasteiger partial charge in [0.05, 0.1) is 17.8 Å². The Bertz CT molecular complexity index is 721. The van der Waals surface area contributed by atoms with Gasteiger partial charge in [-0.2, -0.15) is 8.42 Å². The molecular weight excluding hydrogens is 384 g/mol. The summed E-state index contributed by atoms with van der Waals surface area (Å²) in [5.74, 6) is -0.318. The number of carbonyl (C=O) groups excluding carboxylic acids is 2. The van der Waals surface area contributed by atoms with E-state index in [2.05, 4.69) is 0 Å². The van der Waals surface area contributed by atoms with E-state index in [9.17, 15) is 18.0 Å². The zero-order valence-electron chi connectivity index (χ0n) is 17.1. The first-order chi connectivity index (χ1) is 13.1. The van der Waals surface area contributed by atoms with Crippen LogP contribution in [0.3, 0.4) is 0 Å². The molecule has 0 N–H and O–H groups in total. The van der Waals surface area contributed by atoms with Crippen molar-refractivity contribution in [2.75, 3.05) is 25.6 Å². The van der Waals surface area contributed by atoms with E-state index in [0.717, 1.165) is 12.8 Å². The van der Waals surface area contributed by atoms with E-state index in [4.69, 9.17) is 13.7 Å². The quantitative estimate of drug-likeness (QED) is 0.421. The van der Waals surface area contributed by atoms with Crippen molar-refractivity contribution in [2.45, 2.75) is 71.3 Å². The fraction of sp³-hybridized carbons (Fsp3) is 0.900. The summed E-state index contributed by atoms with van der Waals surface area (Å²) in [6.45, 7) is 6.16. The first kappa shape index (κ1) is 21.7. The number of hydrogen-bond donors (Lipinski definition) is 0. The van der Waals surface area contributed by atoms with Gasteiger partial charge < -0.3 is 9.47 Å². The number of rotatable bonds is 9. The molecule has 0 radical (unpaired) electrons. The van der Waals surface area contributed by atoms with Crippen molar-refractivity contribution >= 4 is 21.9 Å². The minimum absolute atomic E-state index is 0.0149. The van der Waals surface area contributed by atoms with Crippen LogP contribution in [0.25, 0.3) is 0 Å². The summed E-state index contributed by atoms with van der Waals surface area (Å²) in [4.78, 5) is 24.3. The Hall–Kier alpha value is -0.990. The molecule has 3 fully saturated rings. The van der Waals surface area contributed by atoms with Crippen molar-refractivity contribution < 1.29 is 31.7 Å². The van der Waals surface area contributed by atoms with Crippen LogP contribution in [0.5, 0.6) is 0 Å². The van der Waals surface area contributed by atoms with Crippen LogP contribution in [0.1, 0.15) is 65.7 Å². The number of carbonyl (C=O) groups is 2. The molecule has 1 aliphatic heterocycles. The lowest BCUT2D eigenvalue weighted by Crippen LogP contribution is -2.45. The molecule has 1 saturated heterocycles. The van der Waals surface area contributed by atoms with Crippen molar-refractivity contribution in [3.8, 4) is 0 Å². The van der Waals surface area contributed by atoms with Crippen molar-refractivity contribution in [3.05, 3.63) is 0 Å². The molecule has 3 rings (SSSR count). The third kappa shape index (κ3) is 3.87. The van der Waals surface area contributed by atoms with Gasteiger partial charge in [-0.05, 0) is 43.4 Å². The highest BCUT2D eigenvalue weighted by atomic mass is 32.2. The van der Waals surface area contributed by atoms with Crippen LogP contribution in [0.2, 0.25) is 0 Å². The second kappa shape index (κ2) is 7.69. The maximum atomic E-state index is 12.8. The number of ketones is 1. The topological polar surface area (TPSA) is 96.0 Å². The highest BCUT2D eigenvalue weighted by Gasteiger charge is 2.65. The third-order valence-electron chi connectivity index (χ3n) is 7.20. The van der Waals surface area contributed by atoms with Gasteiger partial charge in [-0.15, -0.1) is 0 Å². The predicted molar refractivity (Wildman–Crippen MR) is 102 cm³/mol. The first-order valence-electron chi connectivity index (χ1n) is 10.3. The minimum Gasteiger partial charge on any atom is -0.463 e. The molecule has 0 aromatic heterocycles. The monoisotopic (exact) mass is 416 g/mol.